The molecule has 1 fully saturated rings. The van der Waals surface area contributed by atoms with Gasteiger partial charge in [0.2, 0.25) is 0 Å². The van der Waals surface area contributed by atoms with Crippen LogP contribution in [-0.4, -0.2) is 28.5 Å². The zero-order valence-electron chi connectivity index (χ0n) is 16.0. The molecule has 1 aromatic rings. The first-order valence-corrected chi connectivity index (χ1v) is 9.79. The minimum absolute atomic E-state index is 0.0164. The fraction of sp³-hybridized carbons (Fsp3) is 0.565. The number of hydrogen-bond acceptors (Lipinski definition) is 3. The summed E-state index contributed by atoms with van der Waals surface area (Å²) in [6.07, 6.45) is 6.32. The van der Waals surface area contributed by atoms with Crippen LogP contribution < -0.4 is 4.74 Å². The van der Waals surface area contributed by atoms with Crippen molar-refractivity contribution in [3.63, 3.8) is 0 Å². The largest absolute Gasteiger partial charge is 0.489 e. The normalized spacial score (nSPS) is 28.8. The van der Waals surface area contributed by atoms with Crippen LogP contribution in [0.4, 0.5) is 0 Å². The van der Waals surface area contributed by atoms with E-state index in [2.05, 4.69) is 37.0 Å². The van der Waals surface area contributed by atoms with E-state index in [1.807, 2.05) is 26.0 Å². The van der Waals surface area contributed by atoms with Crippen molar-refractivity contribution in [2.75, 3.05) is 0 Å². The molecule has 2 aliphatic rings. The zero-order chi connectivity index (χ0) is 18.7. The fourth-order valence-corrected chi connectivity index (χ4v) is 4.25. The lowest BCUT2D eigenvalue weighted by molar-refractivity contribution is 0.134. The monoisotopic (exact) mass is 354 g/mol. The highest BCUT2D eigenvalue weighted by Gasteiger charge is 2.48. The van der Waals surface area contributed by atoms with Crippen molar-refractivity contribution in [2.45, 2.75) is 70.7 Å². The third-order valence-corrected chi connectivity index (χ3v) is 5.72. The summed E-state index contributed by atoms with van der Waals surface area (Å²) in [5.74, 6) is 7.16. The summed E-state index contributed by atoms with van der Waals surface area (Å²) in [6.45, 7) is 5.99. The Bertz CT molecular complexity index is 712. The summed E-state index contributed by atoms with van der Waals surface area (Å²) >= 11 is 0. The van der Waals surface area contributed by atoms with Crippen molar-refractivity contribution < 1.29 is 14.9 Å². The van der Waals surface area contributed by atoms with Crippen molar-refractivity contribution in [1.82, 2.24) is 0 Å². The number of fused-ring (bicyclic) bond motifs is 3. The standard InChI is InChI=1S/C23H30O3/c1-4-6-9-15(3)19(24)13-12-17-20(25)14-21-22(17)18-11-7-10-16(8-5-2)23(18)26-21/h7,10-13,15,17,19-22,24-25H,5,8-9,14H2,1-3H3/t15-,17-,19+,20+,21-,22-/m1/s1. The van der Waals surface area contributed by atoms with E-state index >= 15 is 0 Å². The van der Waals surface area contributed by atoms with Crippen LogP contribution in [0, 0.1) is 23.7 Å². The molecule has 1 heterocycles. The maximum Gasteiger partial charge on any atom is 0.126 e. The van der Waals surface area contributed by atoms with Gasteiger partial charge in [0.1, 0.15) is 11.9 Å². The van der Waals surface area contributed by atoms with E-state index in [0.717, 1.165) is 18.6 Å². The Balaban J connectivity index is 1.79. The minimum atomic E-state index is -0.546. The predicted octanol–water partition coefficient (Wildman–Crippen LogP) is 3.83. The fourth-order valence-electron chi connectivity index (χ4n) is 4.25. The van der Waals surface area contributed by atoms with Gasteiger partial charge in [0, 0.05) is 30.2 Å². The van der Waals surface area contributed by atoms with E-state index in [1.54, 1.807) is 0 Å². The van der Waals surface area contributed by atoms with Crippen molar-refractivity contribution in [3.05, 3.63) is 41.5 Å². The number of hydrogen-bond donors (Lipinski definition) is 2. The third kappa shape index (κ3) is 3.68. The van der Waals surface area contributed by atoms with Crippen LogP contribution in [0.25, 0.3) is 0 Å². The van der Waals surface area contributed by atoms with Crippen LogP contribution >= 0.6 is 0 Å². The molecule has 0 spiro atoms. The lowest BCUT2D eigenvalue weighted by atomic mass is 9.86. The van der Waals surface area contributed by atoms with Crippen molar-refractivity contribution in [1.29, 1.82) is 0 Å². The number of para-hydroxylation sites is 1. The second-order valence-electron chi connectivity index (χ2n) is 7.63. The van der Waals surface area contributed by atoms with Crippen molar-refractivity contribution in [3.8, 4) is 17.6 Å². The van der Waals surface area contributed by atoms with Gasteiger partial charge in [-0.25, -0.2) is 0 Å². The smallest absolute Gasteiger partial charge is 0.126 e. The first-order chi connectivity index (χ1) is 12.6. The topological polar surface area (TPSA) is 49.7 Å². The Morgan fingerprint density at radius 3 is 2.92 bits per heavy atom. The molecule has 0 amide bonds. The molecule has 6 atom stereocenters. The van der Waals surface area contributed by atoms with Crippen molar-refractivity contribution in [2.24, 2.45) is 11.8 Å². The summed E-state index contributed by atoms with van der Waals surface area (Å²) < 4.78 is 6.25. The molecule has 3 heteroatoms. The van der Waals surface area contributed by atoms with Gasteiger partial charge in [-0.3, -0.25) is 0 Å². The molecule has 0 bridgehead atoms. The minimum Gasteiger partial charge on any atom is -0.489 e. The number of aryl methyl sites for hydroxylation is 1. The summed E-state index contributed by atoms with van der Waals surface area (Å²) in [6, 6.07) is 6.38. The number of benzene rings is 1. The van der Waals surface area contributed by atoms with E-state index in [1.165, 1.54) is 11.1 Å². The molecule has 0 radical (unpaired) electrons. The molecule has 1 saturated carbocycles. The first-order valence-electron chi connectivity index (χ1n) is 9.79. The van der Waals surface area contributed by atoms with Gasteiger partial charge in [-0.05, 0) is 24.8 Å². The molecule has 0 saturated heterocycles. The Morgan fingerprint density at radius 1 is 1.38 bits per heavy atom. The SMILES string of the molecule is CC#CC[C@@H](C)[C@@H](O)C=C[C@H]1[C@@H]2c3cccc(CCC)c3O[C@@H]2C[C@@H]1O. The molecule has 3 nitrogen and oxygen atoms in total. The molecule has 0 unspecified atom stereocenters. The molecule has 26 heavy (non-hydrogen) atoms. The summed E-state index contributed by atoms with van der Waals surface area (Å²) in [5.41, 5.74) is 2.48. The Morgan fingerprint density at radius 2 is 2.19 bits per heavy atom. The molecule has 0 aromatic heterocycles. The zero-order valence-corrected chi connectivity index (χ0v) is 16.0. The lowest BCUT2D eigenvalue weighted by Crippen LogP contribution is -2.19. The quantitative estimate of drug-likeness (QED) is 0.603. The van der Waals surface area contributed by atoms with Crippen LogP contribution in [-0.2, 0) is 6.42 Å². The van der Waals surface area contributed by atoms with E-state index in [0.29, 0.717) is 12.8 Å². The Kier molecular flexibility index (Phi) is 6.06. The predicted molar refractivity (Wildman–Crippen MR) is 104 cm³/mol. The number of aliphatic hydroxyl groups is 2. The number of ether oxygens (including phenoxy) is 1. The maximum atomic E-state index is 10.6. The molecule has 1 aliphatic heterocycles. The Labute approximate surface area is 157 Å². The molecule has 140 valence electrons. The van der Waals surface area contributed by atoms with Gasteiger partial charge in [0.25, 0.3) is 0 Å². The lowest BCUT2D eigenvalue weighted by Gasteiger charge is -2.19. The number of aliphatic hydroxyl groups excluding tert-OH is 2. The van der Waals surface area contributed by atoms with Gasteiger partial charge in [-0.2, -0.15) is 0 Å². The Hall–Kier alpha value is -1.76. The van der Waals surface area contributed by atoms with Crippen LogP contribution in [0.1, 0.15) is 57.1 Å². The van der Waals surface area contributed by atoms with Gasteiger partial charge in [0.05, 0.1) is 12.2 Å². The van der Waals surface area contributed by atoms with E-state index < -0.39 is 12.2 Å². The van der Waals surface area contributed by atoms with Gasteiger partial charge < -0.3 is 14.9 Å². The van der Waals surface area contributed by atoms with E-state index in [9.17, 15) is 10.2 Å². The molecule has 3 rings (SSSR count). The van der Waals surface area contributed by atoms with E-state index in [4.69, 9.17) is 4.74 Å². The average Bonchev–Trinajstić information content (AvgIpc) is 3.13. The summed E-state index contributed by atoms with van der Waals surface area (Å²) in [4.78, 5) is 0. The molecular weight excluding hydrogens is 324 g/mol. The van der Waals surface area contributed by atoms with E-state index in [-0.39, 0.29) is 23.9 Å². The van der Waals surface area contributed by atoms with Crippen molar-refractivity contribution >= 4 is 0 Å². The van der Waals surface area contributed by atoms with Gasteiger partial charge in [0.15, 0.2) is 0 Å². The van der Waals surface area contributed by atoms with Crippen LogP contribution in [0.15, 0.2) is 30.4 Å². The van der Waals surface area contributed by atoms with Crippen LogP contribution in [0.5, 0.6) is 5.75 Å². The highest BCUT2D eigenvalue weighted by Crippen LogP contribution is 2.52. The van der Waals surface area contributed by atoms with Crippen LogP contribution in [0.2, 0.25) is 0 Å². The highest BCUT2D eigenvalue weighted by atomic mass is 16.5. The number of rotatable bonds is 6. The first kappa shape index (κ1) is 19.0. The van der Waals surface area contributed by atoms with Crippen LogP contribution in [0.3, 0.4) is 0 Å². The molecule has 1 aliphatic carbocycles. The second-order valence-corrected chi connectivity index (χ2v) is 7.63. The average molecular weight is 354 g/mol. The highest BCUT2D eigenvalue weighted by molar-refractivity contribution is 5.49. The summed E-state index contributed by atoms with van der Waals surface area (Å²) in [5, 5.41) is 20.9. The molecule has 1 aromatic carbocycles. The second kappa shape index (κ2) is 8.29. The molecular formula is C23H30O3. The molecule has 2 N–H and O–H groups in total. The van der Waals surface area contributed by atoms with Gasteiger partial charge >= 0.3 is 0 Å². The summed E-state index contributed by atoms with van der Waals surface area (Å²) in [7, 11) is 0. The maximum absolute atomic E-state index is 10.6. The van der Waals surface area contributed by atoms with Gasteiger partial charge in [-0.1, -0.05) is 50.6 Å². The van der Waals surface area contributed by atoms with Gasteiger partial charge in [-0.15, -0.1) is 11.8 Å². The third-order valence-electron chi connectivity index (χ3n) is 5.72.